The molecule has 2 N–H and O–H groups in total. The maximum absolute atomic E-state index is 13.3. The molecule has 29 heavy (non-hydrogen) atoms. The lowest BCUT2D eigenvalue weighted by Crippen LogP contribution is -2.41. The van der Waals surface area contributed by atoms with E-state index in [4.69, 9.17) is 26.1 Å². The third kappa shape index (κ3) is 8.22. The normalized spacial score (nSPS) is 18.7. The highest BCUT2D eigenvalue weighted by Gasteiger charge is 2.28. The molecule has 160 valence electrons. The summed E-state index contributed by atoms with van der Waals surface area (Å²) < 4.78 is 18.5. The fourth-order valence-electron chi connectivity index (χ4n) is 2.49. The Bertz CT molecular complexity index is 729. The molecular weight excluding hydrogens is 423 g/mol. The van der Waals surface area contributed by atoms with Crippen LogP contribution >= 0.6 is 23.4 Å². The molecule has 2 rings (SSSR count). The first-order valence-corrected chi connectivity index (χ1v) is 10.8. The van der Waals surface area contributed by atoms with Gasteiger partial charge in [-0.3, -0.25) is 9.59 Å². The number of hydrogen-bond acceptors (Lipinski definition) is 6. The van der Waals surface area contributed by atoms with Gasteiger partial charge in [-0.05, 0) is 31.2 Å². The Morgan fingerprint density at radius 3 is 2.83 bits per heavy atom. The molecule has 0 aliphatic carbocycles. The first kappa shape index (κ1) is 23.5. The molecule has 0 saturated carbocycles. The van der Waals surface area contributed by atoms with Crippen LogP contribution in [0.5, 0.6) is 5.75 Å². The van der Waals surface area contributed by atoms with Crippen molar-refractivity contribution in [3.8, 4) is 5.75 Å². The van der Waals surface area contributed by atoms with Crippen LogP contribution in [0.4, 0.5) is 4.39 Å². The maximum Gasteiger partial charge on any atom is 0.257 e. The summed E-state index contributed by atoms with van der Waals surface area (Å²) in [5.41, 5.74) is 0.450. The lowest BCUT2D eigenvalue weighted by molar-refractivity contribution is -0.360. The summed E-state index contributed by atoms with van der Waals surface area (Å²) in [6, 6.07) is 3.92. The number of halogens is 2. The average Bonchev–Trinajstić information content (AvgIpc) is 2.69. The van der Waals surface area contributed by atoms with E-state index >= 15 is 0 Å². The third-order valence-electron chi connectivity index (χ3n) is 4.01. The van der Waals surface area contributed by atoms with Crippen molar-refractivity contribution in [1.82, 2.24) is 10.6 Å². The quantitative estimate of drug-likeness (QED) is 0.537. The molecule has 1 aromatic carbocycles. The highest BCUT2D eigenvalue weighted by molar-refractivity contribution is 7.98. The van der Waals surface area contributed by atoms with Gasteiger partial charge < -0.3 is 15.4 Å². The van der Waals surface area contributed by atoms with Gasteiger partial charge in [-0.15, -0.1) is 0 Å². The first-order chi connectivity index (χ1) is 13.9. The van der Waals surface area contributed by atoms with Crippen molar-refractivity contribution in [2.75, 3.05) is 25.2 Å². The molecule has 0 bridgehead atoms. The second kappa shape index (κ2) is 12.0. The molecule has 1 aliphatic heterocycles. The van der Waals surface area contributed by atoms with Crippen LogP contribution in [0.3, 0.4) is 0 Å². The minimum atomic E-state index is -0.674. The predicted molar refractivity (Wildman–Crippen MR) is 109 cm³/mol. The number of thioether (sulfide) groups is 1. The Hall–Kier alpha value is -1.81. The molecule has 0 radical (unpaired) electrons. The largest absolute Gasteiger partial charge is 0.484 e. The zero-order valence-corrected chi connectivity index (χ0v) is 17.6. The lowest BCUT2D eigenvalue weighted by Gasteiger charge is -2.26. The highest BCUT2D eigenvalue weighted by Crippen LogP contribution is 2.21. The third-order valence-corrected chi connectivity index (χ3v) is 5.03. The number of rotatable bonds is 10. The fraction of sp³-hybridized carbons (Fsp3) is 0.474. The number of hydrogen-bond donors (Lipinski definition) is 2. The van der Waals surface area contributed by atoms with E-state index in [0.29, 0.717) is 18.5 Å². The van der Waals surface area contributed by atoms with Crippen molar-refractivity contribution < 1.29 is 28.5 Å². The van der Waals surface area contributed by atoms with Crippen LogP contribution in [-0.2, 0) is 19.4 Å². The Kier molecular flexibility index (Phi) is 9.72. The molecule has 1 heterocycles. The van der Waals surface area contributed by atoms with Gasteiger partial charge in [-0.1, -0.05) is 18.2 Å². The van der Waals surface area contributed by atoms with Crippen molar-refractivity contribution in [3.63, 3.8) is 0 Å². The van der Waals surface area contributed by atoms with Crippen LogP contribution in [0.1, 0.15) is 19.3 Å². The number of nitrogens with one attached hydrogen (secondary N) is 2. The topological polar surface area (TPSA) is 85.9 Å². The van der Waals surface area contributed by atoms with Gasteiger partial charge in [-0.25, -0.2) is 14.2 Å². The summed E-state index contributed by atoms with van der Waals surface area (Å²) in [6.45, 7) is 3.76. The molecule has 10 heteroatoms. The van der Waals surface area contributed by atoms with Crippen LogP contribution in [-0.4, -0.2) is 49.2 Å². The standard InChI is InChI=1S/C19H24ClFN2O5S/c1-12(23-19(25)17-6-4-14(11-29-2)27-28-17)7-8-22-18(24)10-26-13-3-5-15(20)16(21)9-13/h3,5,9,14,17H,1,4,6-8,10-11H2,2H3,(H,22,24)(H,23,25). The smallest absolute Gasteiger partial charge is 0.257 e. The number of carbonyl (C=O) groups is 2. The lowest BCUT2D eigenvalue weighted by atomic mass is 10.1. The second-order valence-electron chi connectivity index (χ2n) is 6.39. The summed E-state index contributed by atoms with van der Waals surface area (Å²) >= 11 is 7.24. The van der Waals surface area contributed by atoms with Crippen LogP contribution in [0.25, 0.3) is 0 Å². The summed E-state index contributed by atoms with van der Waals surface area (Å²) in [5, 5.41) is 5.27. The first-order valence-electron chi connectivity index (χ1n) is 9.03. The van der Waals surface area contributed by atoms with E-state index in [9.17, 15) is 14.0 Å². The summed E-state index contributed by atoms with van der Waals surface area (Å²) in [5.74, 6) is -0.311. The Morgan fingerprint density at radius 1 is 1.38 bits per heavy atom. The van der Waals surface area contributed by atoms with Crippen LogP contribution < -0.4 is 15.4 Å². The predicted octanol–water partition coefficient (Wildman–Crippen LogP) is 2.84. The average molecular weight is 447 g/mol. The molecule has 1 aliphatic rings. The van der Waals surface area contributed by atoms with Crippen LogP contribution in [0.2, 0.25) is 5.02 Å². The van der Waals surface area contributed by atoms with Gasteiger partial charge in [0.15, 0.2) is 12.7 Å². The van der Waals surface area contributed by atoms with Gasteiger partial charge in [0.1, 0.15) is 17.7 Å². The van der Waals surface area contributed by atoms with Gasteiger partial charge in [0.05, 0.1) is 5.02 Å². The molecule has 0 spiro atoms. The molecule has 2 amide bonds. The van der Waals surface area contributed by atoms with E-state index in [1.165, 1.54) is 12.1 Å². The minimum Gasteiger partial charge on any atom is -0.484 e. The molecule has 2 atom stereocenters. The van der Waals surface area contributed by atoms with Crippen molar-refractivity contribution in [1.29, 1.82) is 0 Å². The maximum atomic E-state index is 13.3. The molecular formula is C19H24ClFN2O5S. The Balaban J connectivity index is 1.60. The van der Waals surface area contributed by atoms with Gasteiger partial charge in [0, 0.05) is 30.5 Å². The van der Waals surface area contributed by atoms with E-state index in [-0.39, 0.29) is 41.8 Å². The Labute approximate surface area is 178 Å². The zero-order valence-electron chi connectivity index (χ0n) is 16.0. The number of carbonyl (C=O) groups excluding carboxylic acids is 2. The van der Waals surface area contributed by atoms with E-state index in [1.54, 1.807) is 11.8 Å². The monoisotopic (exact) mass is 446 g/mol. The molecule has 0 aromatic heterocycles. The number of ether oxygens (including phenoxy) is 1. The minimum absolute atomic E-state index is 0.000881. The molecule has 7 nitrogen and oxygen atoms in total. The highest BCUT2D eigenvalue weighted by atomic mass is 35.5. The van der Waals surface area contributed by atoms with E-state index < -0.39 is 11.9 Å². The molecule has 1 saturated heterocycles. The van der Waals surface area contributed by atoms with Crippen molar-refractivity contribution >= 4 is 35.2 Å². The van der Waals surface area contributed by atoms with Gasteiger partial charge in [0.25, 0.3) is 11.8 Å². The molecule has 1 fully saturated rings. The van der Waals surface area contributed by atoms with Gasteiger partial charge in [-0.2, -0.15) is 11.8 Å². The second-order valence-corrected chi connectivity index (χ2v) is 7.71. The zero-order chi connectivity index (χ0) is 21.2. The van der Waals surface area contributed by atoms with Crippen LogP contribution in [0, 0.1) is 5.82 Å². The summed E-state index contributed by atoms with van der Waals surface area (Å²) in [6.07, 6.45) is 2.97. The number of benzene rings is 1. The molecule has 2 unspecified atom stereocenters. The van der Waals surface area contributed by atoms with Crippen molar-refractivity contribution in [3.05, 3.63) is 41.3 Å². The van der Waals surface area contributed by atoms with Crippen LogP contribution in [0.15, 0.2) is 30.5 Å². The summed E-state index contributed by atoms with van der Waals surface area (Å²) in [4.78, 5) is 34.3. The van der Waals surface area contributed by atoms with E-state index in [2.05, 4.69) is 17.2 Å². The van der Waals surface area contributed by atoms with Gasteiger partial charge in [0.2, 0.25) is 0 Å². The van der Waals surface area contributed by atoms with Crippen molar-refractivity contribution in [2.24, 2.45) is 0 Å². The van der Waals surface area contributed by atoms with Gasteiger partial charge >= 0.3 is 0 Å². The SMILES string of the molecule is C=C(CCNC(=O)COc1ccc(Cl)c(F)c1)NC(=O)C1CCC(CSC)OO1. The summed E-state index contributed by atoms with van der Waals surface area (Å²) in [7, 11) is 0. The molecule has 1 aromatic rings. The van der Waals surface area contributed by atoms with E-state index in [1.807, 2.05) is 6.26 Å². The Morgan fingerprint density at radius 2 is 2.17 bits per heavy atom. The van der Waals surface area contributed by atoms with Crippen molar-refractivity contribution in [2.45, 2.75) is 31.5 Å². The van der Waals surface area contributed by atoms with E-state index in [0.717, 1.165) is 18.2 Å². The fourth-order valence-corrected chi connectivity index (χ4v) is 3.20. The number of amides is 2.